The van der Waals surface area contributed by atoms with Crippen LogP contribution in [0.25, 0.3) is 0 Å². The molecule has 5 heteroatoms. The van der Waals surface area contributed by atoms with Crippen LogP contribution in [0.2, 0.25) is 0 Å². The molecule has 36 heavy (non-hydrogen) atoms. The van der Waals surface area contributed by atoms with Crippen LogP contribution in [0, 0.1) is 50.2 Å². The van der Waals surface area contributed by atoms with Crippen LogP contribution >= 0.6 is 0 Å². The smallest absolute Gasteiger partial charge is 0.314 e. The zero-order valence-electron chi connectivity index (χ0n) is 24.1. The van der Waals surface area contributed by atoms with Crippen molar-refractivity contribution >= 4 is 5.97 Å². The van der Waals surface area contributed by atoms with E-state index in [0.717, 1.165) is 44.9 Å². The van der Waals surface area contributed by atoms with Crippen molar-refractivity contribution in [1.29, 1.82) is 0 Å². The third-order valence-corrected chi connectivity index (χ3v) is 14.0. The maximum atomic E-state index is 13.5. The summed E-state index contributed by atoms with van der Waals surface area (Å²) in [5, 5.41) is 35.8. The van der Waals surface area contributed by atoms with Gasteiger partial charge in [-0.15, -0.1) is 0 Å². The van der Waals surface area contributed by atoms with Crippen molar-refractivity contribution in [3.05, 3.63) is 0 Å². The van der Waals surface area contributed by atoms with E-state index in [1.807, 2.05) is 0 Å². The fourth-order valence-corrected chi connectivity index (χ4v) is 11.6. The van der Waals surface area contributed by atoms with Crippen molar-refractivity contribution in [2.24, 2.45) is 50.2 Å². The predicted octanol–water partition coefficient (Wildman–Crippen LogP) is 5.49. The van der Waals surface area contributed by atoms with Gasteiger partial charge < -0.3 is 20.1 Å². The van der Waals surface area contributed by atoms with E-state index >= 15 is 0 Å². The zero-order chi connectivity index (χ0) is 26.7. The largest absolute Gasteiger partial charge is 0.469 e. The molecule has 5 aliphatic rings. The van der Waals surface area contributed by atoms with Gasteiger partial charge in [0.15, 0.2) is 0 Å². The van der Waals surface area contributed by atoms with Crippen LogP contribution in [0.5, 0.6) is 0 Å². The Hall–Kier alpha value is -0.650. The van der Waals surface area contributed by atoms with Crippen LogP contribution in [0.1, 0.15) is 113 Å². The summed E-state index contributed by atoms with van der Waals surface area (Å²) in [5.74, 6) is 0.202. The standard InChI is InChI=1S/C31H52O5/c1-25(2)15-16-30(24(34)36-8)21(17-25)31(35)14-10-20-27(5)12-11-22(32)26(3,4)19(27)9-13-28(20,6)29(31,7)18-23(30)33/h19-23,32-33,35H,9-18H2,1-8H3. The summed E-state index contributed by atoms with van der Waals surface area (Å²) < 4.78 is 5.36. The van der Waals surface area contributed by atoms with Crippen LogP contribution < -0.4 is 0 Å². The molecular weight excluding hydrogens is 452 g/mol. The first-order valence-electron chi connectivity index (χ1n) is 14.6. The zero-order valence-corrected chi connectivity index (χ0v) is 24.1. The van der Waals surface area contributed by atoms with E-state index in [-0.39, 0.29) is 39.7 Å². The summed E-state index contributed by atoms with van der Waals surface area (Å²) in [7, 11) is 1.43. The summed E-state index contributed by atoms with van der Waals surface area (Å²) in [6.45, 7) is 16.1. The molecule has 0 saturated heterocycles. The Labute approximate surface area is 218 Å². The molecule has 0 heterocycles. The van der Waals surface area contributed by atoms with E-state index in [1.54, 1.807) is 0 Å². The van der Waals surface area contributed by atoms with E-state index < -0.39 is 22.5 Å². The number of carbonyl (C=O) groups excluding carboxylic acids is 1. The Morgan fingerprint density at radius 1 is 0.750 bits per heavy atom. The molecule has 5 fully saturated rings. The van der Waals surface area contributed by atoms with Gasteiger partial charge in [-0.2, -0.15) is 0 Å². The number of methoxy groups -OCH3 is 1. The molecule has 5 rings (SSSR count). The van der Waals surface area contributed by atoms with Crippen LogP contribution in [0.3, 0.4) is 0 Å². The van der Waals surface area contributed by atoms with Gasteiger partial charge in [-0.1, -0.05) is 48.5 Å². The highest BCUT2D eigenvalue weighted by Crippen LogP contribution is 2.78. The third-order valence-electron chi connectivity index (χ3n) is 14.0. The molecule has 10 atom stereocenters. The first kappa shape index (κ1) is 26.9. The molecule has 5 aliphatic carbocycles. The Morgan fingerprint density at radius 2 is 1.39 bits per heavy atom. The molecule has 0 radical (unpaired) electrons. The van der Waals surface area contributed by atoms with E-state index in [9.17, 15) is 20.1 Å². The van der Waals surface area contributed by atoms with Crippen molar-refractivity contribution < 1.29 is 24.9 Å². The minimum atomic E-state index is -1.03. The van der Waals surface area contributed by atoms with Crippen molar-refractivity contribution in [1.82, 2.24) is 0 Å². The molecule has 0 aromatic heterocycles. The van der Waals surface area contributed by atoms with Crippen LogP contribution in [-0.4, -0.2) is 46.2 Å². The minimum absolute atomic E-state index is 0.000807. The number of hydrogen-bond donors (Lipinski definition) is 3. The van der Waals surface area contributed by atoms with Crippen molar-refractivity contribution in [3.8, 4) is 0 Å². The van der Waals surface area contributed by atoms with Crippen LogP contribution in [0.15, 0.2) is 0 Å². The fourth-order valence-electron chi connectivity index (χ4n) is 11.6. The van der Waals surface area contributed by atoms with E-state index in [4.69, 9.17) is 4.74 Å². The molecule has 0 amide bonds. The molecule has 0 aromatic carbocycles. The number of aliphatic hydroxyl groups excluding tert-OH is 2. The highest BCUT2D eigenvalue weighted by Gasteiger charge is 2.78. The Bertz CT molecular complexity index is 928. The molecule has 0 spiro atoms. The predicted molar refractivity (Wildman–Crippen MR) is 140 cm³/mol. The van der Waals surface area contributed by atoms with Gasteiger partial charge in [0.2, 0.25) is 0 Å². The number of fused-ring (bicyclic) bond motifs is 7. The normalized spacial score (nSPS) is 55.4. The summed E-state index contributed by atoms with van der Waals surface area (Å²) in [5.41, 5.74) is -2.76. The van der Waals surface area contributed by atoms with Crippen molar-refractivity contribution in [2.45, 2.75) is 130 Å². The fraction of sp³-hybridized carbons (Fsp3) is 0.968. The Kier molecular flexibility index (Phi) is 5.78. The lowest BCUT2D eigenvalue weighted by Crippen LogP contribution is -2.77. The number of rotatable bonds is 1. The average Bonchev–Trinajstić information content (AvgIpc) is 2.78. The summed E-state index contributed by atoms with van der Waals surface area (Å²) in [4.78, 5) is 13.5. The van der Waals surface area contributed by atoms with E-state index in [2.05, 4.69) is 48.5 Å². The Balaban J connectivity index is 1.63. The molecule has 5 saturated carbocycles. The van der Waals surface area contributed by atoms with Crippen molar-refractivity contribution in [2.75, 3.05) is 7.11 Å². The van der Waals surface area contributed by atoms with Gasteiger partial charge in [0.1, 0.15) is 0 Å². The number of aliphatic hydroxyl groups is 3. The van der Waals surface area contributed by atoms with Crippen LogP contribution in [-0.2, 0) is 9.53 Å². The number of hydrogen-bond acceptors (Lipinski definition) is 5. The molecule has 3 N–H and O–H groups in total. The van der Waals surface area contributed by atoms with Gasteiger partial charge in [-0.05, 0) is 97.7 Å². The summed E-state index contributed by atoms with van der Waals surface area (Å²) in [6.07, 6.45) is 6.98. The van der Waals surface area contributed by atoms with Crippen LogP contribution in [0.4, 0.5) is 0 Å². The second-order valence-corrected chi connectivity index (χ2v) is 15.9. The highest BCUT2D eigenvalue weighted by atomic mass is 16.5. The molecule has 0 bridgehead atoms. The second-order valence-electron chi connectivity index (χ2n) is 15.9. The van der Waals surface area contributed by atoms with Gasteiger partial charge in [-0.25, -0.2) is 0 Å². The van der Waals surface area contributed by atoms with E-state index in [0.29, 0.717) is 31.1 Å². The van der Waals surface area contributed by atoms with Gasteiger partial charge in [0, 0.05) is 11.3 Å². The van der Waals surface area contributed by atoms with Crippen molar-refractivity contribution in [3.63, 3.8) is 0 Å². The summed E-state index contributed by atoms with van der Waals surface area (Å²) >= 11 is 0. The molecule has 0 aromatic rings. The monoisotopic (exact) mass is 504 g/mol. The lowest BCUT2D eigenvalue weighted by atomic mass is 9.30. The first-order chi connectivity index (χ1) is 16.5. The van der Waals surface area contributed by atoms with Gasteiger partial charge in [-0.3, -0.25) is 4.79 Å². The number of carbonyl (C=O) groups is 1. The average molecular weight is 505 g/mol. The minimum Gasteiger partial charge on any atom is -0.469 e. The SMILES string of the molecule is COC(=O)C12CCC(C)(C)CC1C1(O)CCC3C4(C)CCC(O)C(C)(C)C4CCC3(C)C1(C)CC2O. The topological polar surface area (TPSA) is 87.0 Å². The Morgan fingerprint density at radius 3 is 2.03 bits per heavy atom. The second kappa shape index (κ2) is 7.72. The lowest BCUT2D eigenvalue weighted by Gasteiger charge is -2.76. The number of esters is 1. The maximum absolute atomic E-state index is 13.5. The van der Waals surface area contributed by atoms with E-state index in [1.165, 1.54) is 7.11 Å². The molecule has 10 unspecified atom stereocenters. The van der Waals surface area contributed by atoms with Gasteiger partial charge in [0.25, 0.3) is 0 Å². The summed E-state index contributed by atoms with van der Waals surface area (Å²) in [6, 6.07) is 0. The quantitative estimate of drug-likeness (QED) is 0.411. The molecular formula is C31H52O5. The first-order valence-corrected chi connectivity index (χ1v) is 14.6. The number of ether oxygens (including phenoxy) is 1. The molecule has 5 nitrogen and oxygen atoms in total. The lowest BCUT2D eigenvalue weighted by molar-refractivity contribution is -0.330. The van der Waals surface area contributed by atoms with Gasteiger partial charge in [0.05, 0.1) is 30.3 Å². The van der Waals surface area contributed by atoms with Gasteiger partial charge >= 0.3 is 5.97 Å². The molecule has 206 valence electrons. The maximum Gasteiger partial charge on any atom is 0.314 e. The third kappa shape index (κ3) is 2.97. The highest BCUT2D eigenvalue weighted by molar-refractivity contribution is 5.79. The molecule has 0 aliphatic heterocycles.